The molecule has 3 atom stereocenters. The Labute approximate surface area is 199 Å². The summed E-state index contributed by atoms with van der Waals surface area (Å²) in [5.41, 5.74) is 4.61. The first kappa shape index (κ1) is 23.8. The zero-order valence-electron chi connectivity index (χ0n) is 19.5. The quantitative estimate of drug-likeness (QED) is 0.535. The molecule has 0 saturated heterocycles. The number of hydrogen-bond donors (Lipinski definition) is 3. The van der Waals surface area contributed by atoms with E-state index in [0.717, 1.165) is 35.1 Å². The summed E-state index contributed by atoms with van der Waals surface area (Å²) in [6.45, 7) is 2.10. The van der Waals surface area contributed by atoms with Gasteiger partial charge in [-0.1, -0.05) is 68.3 Å². The fourth-order valence-electron chi connectivity index (χ4n) is 5.19. The second-order valence-corrected chi connectivity index (χ2v) is 9.18. The normalized spacial score (nSPS) is 20.0. The molecule has 7 heteroatoms. The van der Waals surface area contributed by atoms with Gasteiger partial charge in [0.2, 0.25) is 5.91 Å². The van der Waals surface area contributed by atoms with E-state index in [1.54, 1.807) is 0 Å². The lowest BCUT2D eigenvalue weighted by Gasteiger charge is -2.29. The van der Waals surface area contributed by atoms with Gasteiger partial charge in [-0.3, -0.25) is 9.59 Å². The van der Waals surface area contributed by atoms with Gasteiger partial charge < -0.3 is 20.5 Å². The third kappa shape index (κ3) is 5.24. The largest absolute Gasteiger partial charge is 0.481 e. The van der Waals surface area contributed by atoms with Crippen molar-refractivity contribution in [3.8, 4) is 11.1 Å². The van der Waals surface area contributed by atoms with Crippen LogP contribution < -0.4 is 10.6 Å². The highest BCUT2D eigenvalue weighted by atomic mass is 16.5. The number of amides is 2. The lowest BCUT2D eigenvalue weighted by Crippen LogP contribution is -2.47. The fraction of sp³-hybridized carbons (Fsp3) is 0.444. The summed E-state index contributed by atoms with van der Waals surface area (Å²) < 4.78 is 5.59. The van der Waals surface area contributed by atoms with Crippen molar-refractivity contribution in [1.82, 2.24) is 10.6 Å². The van der Waals surface area contributed by atoms with Gasteiger partial charge in [0.15, 0.2) is 0 Å². The number of carboxylic acids is 1. The molecular formula is C27H32N2O5. The molecule has 0 radical (unpaired) electrons. The number of fused-ring (bicyclic) bond motifs is 3. The first-order chi connectivity index (χ1) is 16.5. The summed E-state index contributed by atoms with van der Waals surface area (Å²) in [7, 11) is 0. The molecule has 7 nitrogen and oxygen atoms in total. The van der Waals surface area contributed by atoms with Crippen molar-refractivity contribution in [2.24, 2.45) is 5.92 Å². The minimum absolute atomic E-state index is 0.0271. The van der Waals surface area contributed by atoms with Gasteiger partial charge in [0.05, 0.1) is 5.92 Å². The number of aliphatic carboxylic acids is 1. The van der Waals surface area contributed by atoms with E-state index >= 15 is 0 Å². The number of carbonyl (C=O) groups is 3. The Morgan fingerprint density at radius 1 is 1.00 bits per heavy atom. The van der Waals surface area contributed by atoms with Gasteiger partial charge in [-0.25, -0.2) is 4.79 Å². The Kier molecular flexibility index (Phi) is 7.50. The average molecular weight is 465 g/mol. The number of benzene rings is 2. The number of alkyl carbamates (subject to hydrolysis) is 1. The van der Waals surface area contributed by atoms with Crippen molar-refractivity contribution in [3.63, 3.8) is 0 Å². The maximum atomic E-state index is 12.6. The van der Waals surface area contributed by atoms with E-state index < -0.39 is 18.0 Å². The molecule has 2 aromatic carbocycles. The molecule has 2 aromatic rings. The molecule has 0 unspecified atom stereocenters. The van der Waals surface area contributed by atoms with Gasteiger partial charge in [-0.05, 0) is 41.5 Å². The third-order valence-electron chi connectivity index (χ3n) is 7.02. The Balaban J connectivity index is 1.31. The number of rotatable bonds is 8. The van der Waals surface area contributed by atoms with Crippen molar-refractivity contribution in [2.75, 3.05) is 6.61 Å². The Bertz CT molecular complexity index is 1010. The molecule has 0 spiro atoms. The van der Waals surface area contributed by atoms with Gasteiger partial charge in [0, 0.05) is 24.4 Å². The van der Waals surface area contributed by atoms with Crippen molar-refractivity contribution < 1.29 is 24.2 Å². The number of carbonyl (C=O) groups excluding carboxylic acids is 2. The molecule has 2 amide bonds. The topological polar surface area (TPSA) is 105 Å². The van der Waals surface area contributed by atoms with E-state index in [2.05, 4.69) is 34.9 Å². The number of hydrogen-bond acceptors (Lipinski definition) is 4. The lowest BCUT2D eigenvalue weighted by molar-refractivity contribution is -0.144. The Morgan fingerprint density at radius 3 is 2.24 bits per heavy atom. The maximum absolute atomic E-state index is 12.6. The maximum Gasteiger partial charge on any atom is 0.407 e. The monoisotopic (exact) mass is 464 g/mol. The van der Waals surface area contributed by atoms with E-state index in [1.807, 2.05) is 31.2 Å². The van der Waals surface area contributed by atoms with Crippen LogP contribution in [0.15, 0.2) is 48.5 Å². The first-order valence-corrected chi connectivity index (χ1v) is 12.1. The SMILES string of the molecule is CC[C@@H](CC(=O)N[C@@H]1CCCC[C@@H]1C(=O)O)NC(=O)OCC1c2ccccc2-c2ccccc21. The van der Waals surface area contributed by atoms with Gasteiger partial charge in [0.25, 0.3) is 0 Å². The van der Waals surface area contributed by atoms with Crippen LogP contribution in [0.3, 0.4) is 0 Å². The lowest BCUT2D eigenvalue weighted by atomic mass is 9.84. The molecule has 1 saturated carbocycles. The number of nitrogens with one attached hydrogen (secondary N) is 2. The molecule has 0 bridgehead atoms. The smallest absolute Gasteiger partial charge is 0.407 e. The third-order valence-corrected chi connectivity index (χ3v) is 7.02. The van der Waals surface area contributed by atoms with Crippen LogP contribution in [0.2, 0.25) is 0 Å². The van der Waals surface area contributed by atoms with Crippen LogP contribution in [0.5, 0.6) is 0 Å². The standard InChI is InChI=1S/C27H32N2O5/c1-2-17(15-25(30)29-24-14-8-7-13-22(24)26(31)32)28-27(33)34-16-23-20-11-5-3-9-18(20)19-10-4-6-12-21(19)23/h3-6,9-12,17,22-24H,2,7-8,13-16H2,1H3,(H,28,33)(H,29,30)(H,31,32)/t17-,22-,24+/m0/s1. The molecule has 0 aliphatic heterocycles. The highest BCUT2D eigenvalue weighted by molar-refractivity contribution is 5.80. The van der Waals surface area contributed by atoms with Gasteiger partial charge in [-0.15, -0.1) is 0 Å². The average Bonchev–Trinajstić information content (AvgIpc) is 3.16. The van der Waals surface area contributed by atoms with Crippen LogP contribution in [0.1, 0.15) is 62.5 Å². The summed E-state index contributed by atoms with van der Waals surface area (Å²) in [4.78, 5) is 36.6. The van der Waals surface area contributed by atoms with Crippen molar-refractivity contribution in [3.05, 3.63) is 59.7 Å². The predicted octanol–water partition coefficient (Wildman–Crippen LogP) is 4.45. The van der Waals surface area contributed by atoms with E-state index in [1.165, 1.54) is 0 Å². The predicted molar refractivity (Wildman–Crippen MR) is 128 cm³/mol. The molecule has 3 N–H and O–H groups in total. The van der Waals surface area contributed by atoms with Crippen molar-refractivity contribution in [2.45, 2.75) is 63.5 Å². The Hall–Kier alpha value is -3.35. The van der Waals surface area contributed by atoms with Crippen LogP contribution in [-0.4, -0.2) is 41.8 Å². The minimum atomic E-state index is -0.867. The highest BCUT2D eigenvalue weighted by Gasteiger charge is 2.32. The molecule has 180 valence electrons. The van der Waals surface area contributed by atoms with E-state index in [9.17, 15) is 19.5 Å². The van der Waals surface area contributed by atoms with E-state index in [0.29, 0.717) is 19.3 Å². The molecule has 2 aliphatic carbocycles. The summed E-state index contributed by atoms with van der Waals surface area (Å²) in [6, 6.07) is 15.6. The van der Waals surface area contributed by atoms with Crippen molar-refractivity contribution >= 4 is 18.0 Å². The summed E-state index contributed by atoms with van der Waals surface area (Å²) in [5, 5.41) is 15.1. The van der Waals surface area contributed by atoms with Crippen LogP contribution in [0.25, 0.3) is 11.1 Å². The van der Waals surface area contributed by atoms with E-state index in [-0.39, 0.29) is 36.9 Å². The second kappa shape index (κ2) is 10.7. The number of ether oxygens (including phenoxy) is 1. The molecular weight excluding hydrogens is 432 g/mol. The second-order valence-electron chi connectivity index (χ2n) is 9.18. The van der Waals surface area contributed by atoms with E-state index in [4.69, 9.17) is 4.74 Å². The molecule has 4 rings (SSSR count). The van der Waals surface area contributed by atoms with Crippen molar-refractivity contribution in [1.29, 1.82) is 0 Å². The minimum Gasteiger partial charge on any atom is -0.481 e. The molecule has 0 aromatic heterocycles. The number of carboxylic acid groups (broad SMARTS) is 1. The van der Waals surface area contributed by atoms with Crippen LogP contribution >= 0.6 is 0 Å². The van der Waals surface area contributed by atoms with Crippen LogP contribution in [-0.2, 0) is 14.3 Å². The molecule has 0 heterocycles. The zero-order valence-corrected chi connectivity index (χ0v) is 19.5. The van der Waals surface area contributed by atoms with Gasteiger partial charge in [0.1, 0.15) is 6.61 Å². The summed E-state index contributed by atoms with van der Waals surface area (Å²) >= 11 is 0. The fourth-order valence-corrected chi connectivity index (χ4v) is 5.19. The molecule has 1 fully saturated rings. The van der Waals surface area contributed by atoms with Crippen LogP contribution in [0, 0.1) is 5.92 Å². The van der Waals surface area contributed by atoms with Gasteiger partial charge in [-0.2, -0.15) is 0 Å². The highest BCUT2D eigenvalue weighted by Crippen LogP contribution is 2.44. The molecule has 34 heavy (non-hydrogen) atoms. The van der Waals surface area contributed by atoms with Crippen LogP contribution in [0.4, 0.5) is 4.79 Å². The molecule has 2 aliphatic rings. The Morgan fingerprint density at radius 2 is 1.62 bits per heavy atom. The van der Waals surface area contributed by atoms with Gasteiger partial charge >= 0.3 is 12.1 Å². The first-order valence-electron chi connectivity index (χ1n) is 12.1. The summed E-state index contributed by atoms with van der Waals surface area (Å²) in [6.07, 6.45) is 3.11. The zero-order chi connectivity index (χ0) is 24.1. The summed E-state index contributed by atoms with van der Waals surface area (Å²) in [5.74, 6) is -1.69.